The highest BCUT2D eigenvalue weighted by Gasteiger charge is 2.21. The van der Waals surface area contributed by atoms with E-state index >= 15 is 0 Å². The third-order valence-corrected chi connectivity index (χ3v) is 3.05. The number of rotatable bonds is 7. The first-order valence-corrected chi connectivity index (χ1v) is 6.35. The molecule has 1 heterocycles. The number of nitrogens with zero attached hydrogens (tertiary/aromatic N) is 3. The summed E-state index contributed by atoms with van der Waals surface area (Å²) in [7, 11) is 0. The van der Waals surface area contributed by atoms with E-state index in [2.05, 4.69) is 5.10 Å². The van der Waals surface area contributed by atoms with Crippen LogP contribution in [0, 0.1) is 24.0 Å². The van der Waals surface area contributed by atoms with Gasteiger partial charge in [-0.1, -0.05) is 12.8 Å². The lowest BCUT2D eigenvalue weighted by Crippen LogP contribution is -2.03. The zero-order chi connectivity index (χ0) is 12.8. The average molecular weight is 260 g/mol. The first kappa shape index (κ1) is 14.0. The molecule has 0 saturated carbocycles. The van der Waals surface area contributed by atoms with Gasteiger partial charge in [0.25, 0.3) is 0 Å². The second-order valence-corrected chi connectivity index (χ2v) is 4.48. The molecule has 1 aromatic heterocycles. The van der Waals surface area contributed by atoms with Gasteiger partial charge in [0.15, 0.2) is 0 Å². The SMILES string of the molecule is Cc1nn(CCCCCCCl)c(C)c1[N+](=O)[O-]. The minimum Gasteiger partial charge on any atom is -0.262 e. The van der Waals surface area contributed by atoms with Crippen LogP contribution in [0.3, 0.4) is 0 Å². The van der Waals surface area contributed by atoms with Crippen LogP contribution in [0.4, 0.5) is 5.69 Å². The Balaban J connectivity index is 2.55. The monoisotopic (exact) mass is 259 g/mol. The number of aryl methyl sites for hydroxylation is 2. The Labute approximate surface area is 106 Å². The van der Waals surface area contributed by atoms with Gasteiger partial charge in [0.2, 0.25) is 0 Å². The van der Waals surface area contributed by atoms with Crippen LogP contribution in [0.25, 0.3) is 0 Å². The molecule has 0 amide bonds. The fraction of sp³-hybridized carbons (Fsp3) is 0.727. The van der Waals surface area contributed by atoms with Crippen molar-refractivity contribution in [2.75, 3.05) is 5.88 Å². The molecular weight excluding hydrogens is 242 g/mol. The lowest BCUT2D eigenvalue weighted by molar-refractivity contribution is -0.386. The van der Waals surface area contributed by atoms with Crippen LogP contribution in [-0.2, 0) is 6.54 Å². The minimum atomic E-state index is -0.359. The van der Waals surface area contributed by atoms with Gasteiger partial charge in [0, 0.05) is 12.4 Å². The molecule has 0 aliphatic rings. The Kier molecular flexibility index (Phi) is 5.41. The highest BCUT2D eigenvalue weighted by molar-refractivity contribution is 6.17. The van der Waals surface area contributed by atoms with Crippen molar-refractivity contribution in [3.63, 3.8) is 0 Å². The first-order chi connectivity index (χ1) is 8.07. The molecule has 0 aromatic carbocycles. The number of nitro groups is 1. The standard InChI is InChI=1S/C11H18ClN3O2/c1-9-11(15(16)17)10(2)14(13-9)8-6-4-3-5-7-12/h3-8H2,1-2H3. The van der Waals surface area contributed by atoms with E-state index in [9.17, 15) is 10.1 Å². The van der Waals surface area contributed by atoms with Gasteiger partial charge in [0.1, 0.15) is 11.4 Å². The number of halogens is 1. The van der Waals surface area contributed by atoms with Gasteiger partial charge in [-0.05, 0) is 26.7 Å². The van der Waals surface area contributed by atoms with E-state index in [1.807, 2.05) is 0 Å². The van der Waals surface area contributed by atoms with Crippen molar-refractivity contribution in [2.24, 2.45) is 0 Å². The maximum atomic E-state index is 10.8. The van der Waals surface area contributed by atoms with Gasteiger partial charge in [-0.15, -0.1) is 11.6 Å². The normalized spacial score (nSPS) is 10.8. The predicted octanol–water partition coefficient (Wildman–Crippen LogP) is 3.21. The second-order valence-electron chi connectivity index (χ2n) is 4.10. The van der Waals surface area contributed by atoms with E-state index in [-0.39, 0.29) is 10.6 Å². The van der Waals surface area contributed by atoms with Crippen LogP contribution in [0.1, 0.15) is 37.1 Å². The molecule has 6 heteroatoms. The molecule has 0 aliphatic carbocycles. The van der Waals surface area contributed by atoms with Crippen molar-refractivity contribution >= 4 is 17.3 Å². The maximum absolute atomic E-state index is 10.8. The molecule has 0 fully saturated rings. The van der Waals surface area contributed by atoms with Crippen molar-refractivity contribution in [2.45, 2.75) is 46.1 Å². The molecule has 1 rings (SSSR count). The molecule has 0 spiro atoms. The molecule has 0 atom stereocenters. The van der Waals surface area contributed by atoms with Crippen LogP contribution < -0.4 is 0 Å². The Hall–Kier alpha value is -1.10. The van der Waals surface area contributed by atoms with Crippen LogP contribution >= 0.6 is 11.6 Å². The lowest BCUT2D eigenvalue weighted by atomic mass is 10.2. The van der Waals surface area contributed by atoms with Crippen LogP contribution in [-0.4, -0.2) is 20.6 Å². The van der Waals surface area contributed by atoms with E-state index in [0.717, 1.165) is 32.2 Å². The summed E-state index contributed by atoms with van der Waals surface area (Å²) in [6, 6.07) is 0. The molecule has 0 unspecified atom stereocenters. The average Bonchev–Trinajstić information content (AvgIpc) is 2.53. The number of hydrogen-bond acceptors (Lipinski definition) is 3. The third kappa shape index (κ3) is 3.70. The second kappa shape index (κ2) is 6.59. The van der Waals surface area contributed by atoms with Crippen molar-refractivity contribution < 1.29 is 4.92 Å². The van der Waals surface area contributed by atoms with E-state index in [4.69, 9.17) is 11.6 Å². The molecule has 5 nitrogen and oxygen atoms in total. The topological polar surface area (TPSA) is 61.0 Å². The van der Waals surface area contributed by atoms with Crippen LogP contribution in [0.15, 0.2) is 0 Å². The summed E-state index contributed by atoms with van der Waals surface area (Å²) in [6.45, 7) is 4.16. The Bertz CT molecular complexity index is 390. The maximum Gasteiger partial charge on any atom is 0.312 e. The van der Waals surface area contributed by atoms with Crippen LogP contribution in [0.2, 0.25) is 0 Å². The number of aromatic nitrogens is 2. The fourth-order valence-electron chi connectivity index (χ4n) is 1.88. The zero-order valence-corrected chi connectivity index (χ0v) is 11.0. The summed E-state index contributed by atoms with van der Waals surface area (Å²) in [6.07, 6.45) is 4.19. The van der Waals surface area contributed by atoms with Gasteiger partial charge >= 0.3 is 5.69 Å². The summed E-state index contributed by atoms with van der Waals surface area (Å²) >= 11 is 5.59. The minimum absolute atomic E-state index is 0.144. The smallest absolute Gasteiger partial charge is 0.262 e. The van der Waals surface area contributed by atoms with Gasteiger partial charge in [-0.3, -0.25) is 14.8 Å². The molecule has 1 aromatic rings. The predicted molar refractivity (Wildman–Crippen MR) is 67.5 cm³/mol. The van der Waals surface area contributed by atoms with Crippen molar-refractivity contribution in [3.05, 3.63) is 21.5 Å². The number of hydrogen-bond donors (Lipinski definition) is 0. The van der Waals surface area contributed by atoms with Gasteiger partial charge in [-0.2, -0.15) is 5.10 Å². The van der Waals surface area contributed by atoms with E-state index < -0.39 is 0 Å². The Morgan fingerprint density at radius 1 is 1.29 bits per heavy atom. The molecule has 17 heavy (non-hydrogen) atoms. The lowest BCUT2D eigenvalue weighted by Gasteiger charge is -2.03. The summed E-state index contributed by atoms with van der Waals surface area (Å²) in [4.78, 5) is 10.4. The molecule has 0 saturated heterocycles. The number of alkyl halides is 1. The van der Waals surface area contributed by atoms with E-state index in [0.29, 0.717) is 17.3 Å². The van der Waals surface area contributed by atoms with E-state index in [1.54, 1.807) is 18.5 Å². The van der Waals surface area contributed by atoms with Crippen LogP contribution in [0.5, 0.6) is 0 Å². The Morgan fingerprint density at radius 2 is 1.94 bits per heavy atom. The highest BCUT2D eigenvalue weighted by atomic mass is 35.5. The van der Waals surface area contributed by atoms with E-state index in [1.165, 1.54) is 0 Å². The summed E-state index contributed by atoms with van der Waals surface area (Å²) in [5.41, 5.74) is 1.28. The largest absolute Gasteiger partial charge is 0.312 e. The first-order valence-electron chi connectivity index (χ1n) is 5.82. The van der Waals surface area contributed by atoms with Crippen molar-refractivity contribution in [1.29, 1.82) is 0 Å². The van der Waals surface area contributed by atoms with Gasteiger partial charge in [-0.25, -0.2) is 0 Å². The van der Waals surface area contributed by atoms with Gasteiger partial charge < -0.3 is 0 Å². The summed E-state index contributed by atoms with van der Waals surface area (Å²) in [5.74, 6) is 0.700. The highest BCUT2D eigenvalue weighted by Crippen LogP contribution is 2.22. The molecule has 96 valence electrons. The Morgan fingerprint density at radius 3 is 2.47 bits per heavy atom. The third-order valence-electron chi connectivity index (χ3n) is 2.78. The fourth-order valence-corrected chi connectivity index (χ4v) is 2.07. The molecule has 0 N–H and O–H groups in total. The summed E-state index contributed by atoms with van der Waals surface area (Å²) < 4.78 is 1.73. The molecule has 0 aliphatic heterocycles. The van der Waals surface area contributed by atoms with Crippen molar-refractivity contribution in [3.8, 4) is 0 Å². The zero-order valence-electron chi connectivity index (χ0n) is 10.3. The quantitative estimate of drug-likeness (QED) is 0.327. The molecule has 0 radical (unpaired) electrons. The van der Waals surface area contributed by atoms with Gasteiger partial charge in [0.05, 0.1) is 4.92 Å². The van der Waals surface area contributed by atoms with Crippen molar-refractivity contribution in [1.82, 2.24) is 9.78 Å². The number of unbranched alkanes of at least 4 members (excludes halogenated alkanes) is 3. The molecular formula is C11H18ClN3O2. The molecule has 0 bridgehead atoms. The summed E-state index contributed by atoms with van der Waals surface area (Å²) in [5, 5.41) is 15.0.